The van der Waals surface area contributed by atoms with Gasteiger partial charge in [0.2, 0.25) is 24.4 Å². The number of carbonyl (C=O) groups excluding carboxylic acids is 12. The van der Waals surface area contributed by atoms with Crippen molar-refractivity contribution in [3.8, 4) is 0 Å². The Balaban J connectivity index is 0.000000274. The lowest BCUT2D eigenvalue weighted by molar-refractivity contribution is -0.186. The summed E-state index contributed by atoms with van der Waals surface area (Å²) >= 11 is 0. The van der Waals surface area contributed by atoms with Gasteiger partial charge in [0.05, 0.1) is 38.3 Å². The van der Waals surface area contributed by atoms with Crippen LogP contribution in [-0.4, -0.2) is 266 Å². The molecule has 2 fully saturated rings. The quantitative estimate of drug-likeness (QED) is 0.0154. The van der Waals surface area contributed by atoms with Crippen LogP contribution < -0.4 is 0 Å². The number of carboxylic acids is 4. The van der Waals surface area contributed by atoms with Crippen LogP contribution in [0.5, 0.6) is 0 Å². The van der Waals surface area contributed by atoms with Crippen molar-refractivity contribution in [2.24, 2.45) is 35.5 Å². The van der Waals surface area contributed by atoms with Gasteiger partial charge in [-0.2, -0.15) is 0 Å². The number of carbonyl (C=O) groups is 16. The molecule has 149 heavy (non-hydrogen) atoms. The molecular formula is C111H136O38. The molecular weight excluding hydrogens is 1940 g/mol. The number of aliphatic carboxylic acids is 4. The van der Waals surface area contributed by atoms with Crippen molar-refractivity contribution in [1.29, 1.82) is 0 Å². The number of allylic oxidation sites excluding steroid dienone is 8. The van der Waals surface area contributed by atoms with E-state index in [1.807, 2.05) is 0 Å². The van der Waals surface area contributed by atoms with E-state index in [0.717, 1.165) is 41.5 Å². The minimum atomic E-state index is -1.53. The molecule has 9 aliphatic rings. The fourth-order valence-electron chi connectivity index (χ4n) is 17.3. The summed E-state index contributed by atoms with van der Waals surface area (Å²) in [7, 11) is 4.98. The largest absolute Gasteiger partial charge is 0.479 e. The molecule has 6 aromatic rings. The highest BCUT2D eigenvalue weighted by Gasteiger charge is 2.59. The summed E-state index contributed by atoms with van der Waals surface area (Å²) in [5.74, 6) is -11.4. The molecule has 15 rings (SSSR count). The highest BCUT2D eigenvalue weighted by atomic mass is 16.7. The van der Waals surface area contributed by atoms with E-state index in [1.165, 1.54) is 78.4 Å². The highest BCUT2D eigenvalue weighted by molar-refractivity contribution is 5.89. The Labute approximate surface area is 864 Å². The summed E-state index contributed by atoms with van der Waals surface area (Å²) in [6.07, 6.45) is -0.451. The monoisotopic (exact) mass is 2080 g/mol. The predicted molar refractivity (Wildman–Crippen MR) is 533 cm³/mol. The summed E-state index contributed by atoms with van der Waals surface area (Å²) in [6.45, 7) is 16.7. The number of carboxylic acid groups (broad SMARTS) is 4. The van der Waals surface area contributed by atoms with Gasteiger partial charge in [-0.3, -0.25) is 9.59 Å². The maximum atomic E-state index is 11.8. The Kier molecular flexibility index (Phi) is 49.7. The molecule has 22 unspecified atom stereocenters. The van der Waals surface area contributed by atoms with Crippen molar-refractivity contribution in [2.45, 2.75) is 237 Å². The molecule has 0 aliphatic heterocycles. The molecule has 6 aromatic carbocycles. The first-order valence-corrected chi connectivity index (χ1v) is 48.0. The summed E-state index contributed by atoms with van der Waals surface area (Å²) in [5.41, 5.74) is 12.3. The Morgan fingerprint density at radius 2 is 0.389 bits per heavy atom. The van der Waals surface area contributed by atoms with E-state index in [0.29, 0.717) is 71.0 Å². The molecule has 2 saturated carbocycles. The first-order valence-electron chi connectivity index (χ1n) is 48.0. The number of methoxy groups -OCH3 is 4. The van der Waals surface area contributed by atoms with Gasteiger partial charge in [0.1, 0.15) is 12.2 Å². The van der Waals surface area contributed by atoms with Crippen molar-refractivity contribution in [1.82, 2.24) is 0 Å². The molecule has 38 heteroatoms. The van der Waals surface area contributed by atoms with E-state index in [4.69, 9.17) is 78.0 Å². The maximum Gasteiger partial charge on any atom is 0.350 e. The van der Waals surface area contributed by atoms with Gasteiger partial charge < -0.3 is 106 Å². The molecule has 4 bridgehead atoms. The number of aliphatic hydroxyl groups excluding tert-OH is 2. The Morgan fingerprint density at radius 3 is 0.550 bits per heavy atom. The molecule has 22 atom stereocenters. The third kappa shape index (κ3) is 34.8. The number of esters is 12. The summed E-state index contributed by atoms with van der Waals surface area (Å²) in [4.78, 5) is 182. The highest BCUT2D eigenvalue weighted by Crippen LogP contribution is 2.69. The van der Waals surface area contributed by atoms with Crippen molar-refractivity contribution < 1.29 is 183 Å². The van der Waals surface area contributed by atoms with Gasteiger partial charge in [-0.1, -0.05) is 254 Å². The standard InChI is InChI=1S/2C28H24.2C14H22O9.2C13H20O10.CH4/c1-2-10-18-17(9-1)25-19-11-3-4-12-20(19)26(18)28-23-15-7-5-13-21(23)27(25)22-14-6-8-16-24(22)28;1-5-13-21(14-6-1)25-26(22-15-7-2-8-16-22)28(24-19-11-4-12-20-24)27(25)23-17-9-3-10-18-23;2*1-7(2)12(17)22-9(4)13(18)23-10(6-20-5)14(19)21-8(3)11(15)16;2*1-6(14)11(17)22-8(3)12(18)23-9(5-20-4)13(19)21-7(2)10(15)16;/h1-18,21,23,25-28H;1-20,25-28H;2*7-10H,6H2,1-5H3,(H,15,16);2*6-9,14H,5H2,1-4H3,(H,15,16);1H4. The first kappa shape index (κ1) is 123. The summed E-state index contributed by atoms with van der Waals surface area (Å²) in [6, 6.07) is 63.1. The van der Waals surface area contributed by atoms with Crippen LogP contribution in [0.25, 0.3) is 0 Å². The van der Waals surface area contributed by atoms with E-state index in [9.17, 15) is 76.7 Å². The minimum Gasteiger partial charge on any atom is -0.479 e. The number of hydrogen-bond donors (Lipinski definition) is 6. The van der Waals surface area contributed by atoms with Gasteiger partial charge in [-0.15, -0.1) is 0 Å². The minimum absolute atomic E-state index is 0. The Hall–Kier alpha value is -14.4. The van der Waals surface area contributed by atoms with Crippen LogP contribution in [0.3, 0.4) is 0 Å². The van der Waals surface area contributed by atoms with Gasteiger partial charge in [0.15, 0.2) is 48.8 Å². The van der Waals surface area contributed by atoms with E-state index < -0.39 is 193 Å². The second-order valence-electron chi connectivity index (χ2n) is 36.1. The van der Waals surface area contributed by atoms with Crippen LogP contribution in [0.2, 0.25) is 0 Å². The van der Waals surface area contributed by atoms with Crippen LogP contribution in [0.4, 0.5) is 0 Å². The lowest BCUT2D eigenvalue weighted by Crippen LogP contribution is -2.48. The van der Waals surface area contributed by atoms with Gasteiger partial charge >= 0.3 is 95.5 Å². The normalized spacial score (nSPS) is 21.4. The molecule has 0 spiro atoms. The van der Waals surface area contributed by atoms with E-state index >= 15 is 0 Å². The Morgan fingerprint density at radius 1 is 0.221 bits per heavy atom. The summed E-state index contributed by atoms with van der Waals surface area (Å²) < 4.78 is 75.5. The van der Waals surface area contributed by atoms with Gasteiger partial charge in [0, 0.05) is 28.4 Å². The second kappa shape index (κ2) is 60.1. The zero-order valence-electron chi connectivity index (χ0n) is 85.5. The average molecular weight is 2080 g/mol. The van der Waals surface area contributed by atoms with Crippen molar-refractivity contribution >= 4 is 95.5 Å². The molecule has 0 amide bonds. The average Bonchev–Trinajstić information content (AvgIpc) is 0.686. The van der Waals surface area contributed by atoms with E-state index in [-0.39, 0.29) is 33.9 Å². The number of ether oxygens (including phenoxy) is 16. The van der Waals surface area contributed by atoms with Crippen LogP contribution in [0, 0.1) is 35.5 Å². The topological polar surface area (TPSA) is 542 Å². The fraction of sp³-hybridized carbons (Fsp3) is 0.459. The zero-order chi connectivity index (χ0) is 110. The molecule has 0 aromatic heterocycles. The number of benzene rings is 6. The first-order chi connectivity index (χ1) is 70.2. The van der Waals surface area contributed by atoms with E-state index in [1.54, 1.807) is 49.9 Å². The number of aliphatic hydroxyl groups is 2. The third-order valence-electron chi connectivity index (χ3n) is 24.6. The molecule has 808 valence electrons. The predicted octanol–water partition coefficient (Wildman–Crippen LogP) is 12.3. The molecule has 38 nitrogen and oxygen atoms in total. The third-order valence-corrected chi connectivity index (χ3v) is 24.6. The van der Waals surface area contributed by atoms with Crippen molar-refractivity contribution in [2.75, 3.05) is 54.9 Å². The van der Waals surface area contributed by atoms with Gasteiger partial charge in [0.25, 0.3) is 0 Å². The molecule has 0 saturated heterocycles. The molecule has 0 heterocycles. The fourth-order valence-corrected chi connectivity index (χ4v) is 17.3. The molecule has 0 radical (unpaired) electrons. The Bertz CT molecular complexity index is 4890. The van der Waals surface area contributed by atoms with E-state index in [2.05, 4.69) is 247 Å². The second-order valence-corrected chi connectivity index (χ2v) is 36.1. The SMILES string of the molecule is C.C1=CC2C(C=C1)C1c3ccccc3C2C2c3ccccc3C1C1C=CC=CC12.COCC(OC(=O)C(C)OC(=O)C(C)C)C(=O)OC(C)C(=O)O.COCC(OC(=O)C(C)OC(=O)C(C)C)C(=O)OC(C)C(=O)O.COCC(OC(=O)C(C)OC(=O)C(C)O)C(=O)OC(C)C(=O)O.COCC(OC(=O)C(C)OC(=O)C(C)O)C(=O)OC(C)C(=O)O.c1ccc(C2C(c3ccccc3)C(c3ccccc3)C2c2ccccc2)cc1. The van der Waals surface area contributed by atoms with Gasteiger partial charge in [-0.25, -0.2) is 67.1 Å². The van der Waals surface area contributed by atoms with Crippen LogP contribution in [0.1, 0.15) is 196 Å². The van der Waals surface area contributed by atoms with Gasteiger partial charge in [-0.05, 0) is 185 Å². The van der Waals surface area contributed by atoms with Crippen LogP contribution >= 0.6 is 0 Å². The maximum absolute atomic E-state index is 11.8. The molecule has 6 N–H and O–H groups in total. The number of hydrogen-bond acceptors (Lipinski definition) is 34. The van der Waals surface area contributed by atoms with Crippen LogP contribution in [-0.2, 0) is 153 Å². The van der Waals surface area contributed by atoms with Crippen molar-refractivity contribution in [3.05, 3.63) is 263 Å². The lowest BCUT2D eigenvalue weighted by atomic mass is 9.44. The molecule has 9 aliphatic carbocycles. The zero-order valence-corrected chi connectivity index (χ0v) is 85.5. The van der Waals surface area contributed by atoms with Crippen LogP contribution in [0.15, 0.2) is 218 Å². The lowest BCUT2D eigenvalue weighted by Gasteiger charge is -2.59. The number of rotatable bonds is 40. The summed E-state index contributed by atoms with van der Waals surface area (Å²) in [5, 5.41) is 52.7. The smallest absolute Gasteiger partial charge is 0.350 e. The van der Waals surface area contributed by atoms with Crippen molar-refractivity contribution in [3.63, 3.8) is 0 Å².